The second kappa shape index (κ2) is 4.85. The molecule has 3 heterocycles. The number of H-pyrrole nitrogens is 1. The van der Waals surface area contributed by atoms with Crippen LogP contribution in [0.4, 0.5) is 0 Å². The van der Waals surface area contributed by atoms with Crippen molar-refractivity contribution in [3.05, 3.63) is 35.9 Å². The smallest absolute Gasteiger partial charge is 0.272 e. The largest absolute Gasteiger partial charge is 0.377 e. The predicted octanol–water partition coefficient (Wildman–Crippen LogP) is 0.357. The molecule has 0 saturated carbocycles. The molecule has 1 unspecified atom stereocenters. The highest BCUT2D eigenvalue weighted by atomic mass is 16.5. The van der Waals surface area contributed by atoms with Gasteiger partial charge in [-0.05, 0) is 12.1 Å². The Kier molecular flexibility index (Phi) is 3.04. The van der Waals surface area contributed by atoms with Crippen LogP contribution in [0.2, 0.25) is 0 Å². The lowest BCUT2D eigenvalue weighted by Crippen LogP contribution is -2.44. The summed E-state index contributed by atoms with van der Waals surface area (Å²) in [6.07, 6.45) is 3.30. The van der Waals surface area contributed by atoms with E-state index in [-0.39, 0.29) is 11.9 Å². The molecule has 0 aromatic carbocycles. The molecule has 1 aliphatic heterocycles. The van der Waals surface area contributed by atoms with Gasteiger partial charge in [-0.2, -0.15) is 10.2 Å². The zero-order valence-corrected chi connectivity index (χ0v) is 10.6. The predicted molar refractivity (Wildman–Crippen MR) is 66.4 cm³/mol. The number of aromatic nitrogens is 4. The molecule has 0 bridgehead atoms. The number of nitrogens with zero attached hydrogens (tertiary/aromatic N) is 4. The number of aromatic amines is 1. The zero-order valence-electron chi connectivity index (χ0n) is 10.6. The molecular formula is C12H15N5O2. The summed E-state index contributed by atoms with van der Waals surface area (Å²) in [7, 11) is 1.76. The van der Waals surface area contributed by atoms with Gasteiger partial charge in [-0.25, -0.2) is 0 Å². The SMILES string of the molecule is Cn1nccc1C(=O)N1CCOCC1c1ccn[nH]1. The van der Waals surface area contributed by atoms with Gasteiger partial charge in [0.1, 0.15) is 5.69 Å². The van der Waals surface area contributed by atoms with Crippen LogP contribution in [0.25, 0.3) is 0 Å². The maximum atomic E-state index is 12.6. The maximum absolute atomic E-state index is 12.6. The molecule has 19 heavy (non-hydrogen) atoms. The topological polar surface area (TPSA) is 76.0 Å². The van der Waals surface area contributed by atoms with Crippen molar-refractivity contribution in [1.29, 1.82) is 0 Å². The Balaban J connectivity index is 1.89. The average molecular weight is 261 g/mol. The molecule has 7 nitrogen and oxygen atoms in total. The third-order valence-corrected chi connectivity index (χ3v) is 3.31. The third kappa shape index (κ3) is 2.12. The van der Waals surface area contributed by atoms with E-state index in [1.165, 1.54) is 0 Å². The summed E-state index contributed by atoms with van der Waals surface area (Å²) in [4.78, 5) is 14.4. The van der Waals surface area contributed by atoms with E-state index < -0.39 is 0 Å². The van der Waals surface area contributed by atoms with Gasteiger partial charge in [0.2, 0.25) is 0 Å². The first kappa shape index (κ1) is 11.9. The van der Waals surface area contributed by atoms with Crippen LogP contribution in [0, 0.1) is 0 Å². The first-order chi connectivity index (χ1) is 9.27. The van der Waals surface area contributed by atoms with E-state index in [1.807, 2.05) is 6.07 Å². The molecule has 1 aliphatic rings. The van der Waals surface area contributed by atoms with E-state index in [9.17, 15) is 4.79 Å². The molecule has 3 rings (SSSR count). The number of hydrogen-bond acceptors (Lipinski definition) is 4. The van der Waals surface area contributed by atoms with Gasteiger partial charge in [0.15, 0.2) is 0 Å². The van der Waals surface area contributed by atoms with Crippen LogP contribution in [0.1, 0.15) is 22.2 Å². The highest BCUT2D eigenvalue weighted by molar-refractivity contribution is 5.92. The number of carbonyl (C=O) groups is 1. The first-order valence-electron chi connectivity index (χ1n) is 6.13. The summed E-state index contributed by atoms with van der Waals surface area (Å²) in [5.41, 5.74) is 1.46. The third-order valence-electron chi connectivity index (χ3n) is 3.31. The number of morpholine rings is 1. The molecular weight excluding hydrogens is 246 g/mol. The standard InChI is InChI=1S/C12H15N5O2/c1-16-10(3-5-14-16)12(18)17-6-7-19-8-11(17)9-2-4-13-15-9/h2-5,11H,6-8H2,1H3,(H,13,15). The van der Waals surface area contributed by atoms with Crippen molar-refractivity contribution in [3.8, 4) is 0 Å². The minimum Gasteiger partial charge on any atom is -0.377 e. The van der Waals surface area contributed by atoms with E-state index in [2.05, 4.69) is 15.3 Å². The number of amides is 1. The van der Waals surface area contributed by atoms with Crippen LogP contribution in [-0.4, -0.2) is 50.5 Å². The van der Waals surface area contributed by atoms with E-state index >= 15 is 0 Å². The molecule has 1 amide bonds. The monoisotopic (exact) mass is 261 g/mol. The quantitative estimate of drug-likeness (QED) is 0.846. The zero-order chi connectivity index (χ0) is 13.2. The normalized spacial score (nSPS) is 19.6. The van der Waals surface area contributed by atoms with Crippen LogP contribution < -0.4 is 0 Å². The Bertz CT molecular complexity index is 562. The summed E-state index contributed by atoms with van der Waals surface area (Å²) in [5, 5.41) is 10.9. The molecule has 7 heteroatoms. The second-order valence-corrected chi connectivity index (χ2v) is 4.44. The van der Waals surface area contributed by atoms with Crippen LogP contribution >= 0.6 is 0 Å². The Morgan fingerprint density at radius 2 is 2.37 bits per heavy atom. The highest BCUT2D eigenvalue weighted by Crippen LogP contribution is 2.24. The molecule has 2 aromatic heterocycles. The van der Waals surface area contributed by atoms with Crippen LogP contribution in [0.5, 0.6) is 0 Å². The van der Waals surface area contributed by atoms with E-state index in [4.69, 9.17) is 4.74 Å². The van der Waals surface area contributed by atoms with Crippen molar-refractivity contribution < 1.29 is 9.53 Å². The van der Waals surface area contributed by atoms with Gasteiger partial charge in [-0.3, -0.25) is 14.6 Å². The lowest BCUT2D eigenvalue weighted by molar-refractivity contribution is -0.00447. The molecule has 100 valence electrons. The van der Waals surface area contributed by atoms with Crippen LogP contribution in [-0.2, 0) is 11.8 Å². The fraction of sp³-hybridized carbons (Fsp3) is 0.417. The Morgan fingerprint density at radius 3 is 3.05 bits per heavy atom. The van der Waals surface area contributed by atoms with E-state index in [0.717, 1.165) is 5.69 Å². The average Bonchev–Trinajstić information content (AvgIpc) is 3.09. The summed E-state index contributed by atoms with van der Waals surface area (Å²) in [5.74, 6) is -0.0390. The van der Waals surface area contributed by atoms with Gasteiger partial charge < -0.3 is 9.64 Å². The highest BCUT2D eigenvalue weighted by Gasteiger charge is 2.31. The summed E-state index contributed by atoms with van der Waals surface area (Å²) >= 11 is 0. The van der Waals surface area contributed by atoms with Gasteiger partial charge in [-0.15, -0.1) is 0 Å². The van der Waals surface area contributed by atoms with Crippen molar-refractivity contribution in [2.45, 2.75) is 6.04 Å². The van der Waals surface area contributed by atoms with Gasteiger partial charge >= 0.3 is 0 Å². The van der Waals surface area contributed by atoms with Crippen molar-refractivity contribution >= 4 is 5.91 Å². The van der Waals surface area contributed by atoms with Crippen LogP contribution in [0.15, 0.2) is 24.5 Å². The molecule has 0 spiro atoms. The Labute approximate surface area is 110 Å². The molecule has 1 saturated heterocycles. The number of aryl methyl sites for hydroxylation is 1. The molecule has 0 aliphatic carbocycles. The summed E-state index contributed by atoms with van der Waals surface area (Å²) < 4.78 is 7.05. The molecule has 1 N–H and O–H groups in total. The lowest BCUT2D eigenvalue weighted by Gasteiger charge is -2.34. The molecule has 1 atom stereocenters. The first-order valence-corrected chi connectivity index (χ1v) is 6.13. The number of nitrogens with one attached hydrogen (secondary N) is 1. The molecule has 1 fully saturated rings. The fourth-order valence-electron chi connectivity index (χ4n) is 2.29. The summed E-state index contributed by atoms with van der Waals surface area (Å²) in [6.45, 7) is 1.59. The molecule has 2 aromatic rings. The number of ether oxygens (including phenoxy) is 1. The van der Waals surface area contributed by atoms with Crippen molar-refractivity contribution in [2.75, 3.05) is 19.8 Å². The van der Waals surface area contributed by atoms with Crippen molar-refractivity contribution in [1.82, 2.24) is 24.9 Å². The van der Waals surface area contributed by atoms with Crippen molar-refractivity contribution in [3.63, 3.8) is 0 Å². The lowest BCUT2D eigenvalue weighted by atomic mass is 10.1. The van der Waals surface area contributed by atoms with Gasteiger partial charge in [0, 0.05) is 26.0 Å². The molecule has 0 radical (unpaired) electrons. The minimum atomic E-state index is -0.126. The minimum absolute atomic E-state index is 0.0390. The van der Waals surface area contributed by atoms with Crippen LogP contribution in [0.3, 0.4) is 0 Å². The van der Waals surface area contributed by atoms with E-state index in [1.54, 1.807) is 35.1 Å². The van der Waals surface area contributed by atoms with Gasteiger partial charge in [-0.1, -0.05) is 0 Å². The summed E-state index contributed by atoms with van der Waals surface area (Å²) in [6, 6.07) is 3.46. The second-order valence-electron chi connectivity index (χ2n) is 4.44. The number of rotatable bonds is 2. The Hall–Kier alpha value is -2.15. The van der Waals surface area contributed by atoms with E-state index in [0.29, 0.717) is 25.5 Å². The number of hydrogen-bond donors (Lipinski definition) is 1. The maximum Gasteiger partial charge on any atom is 0.272 e. The van der Waals surface area contributed by atoms with Gasteiger partial charge in [0.05, 0.1) is 24.9 Å². The fourth-order valence-corrected chi connectivity index (χ4v) is 2.29. The van der Waals surface area contributed by atoms with Crippen molar-refractivity contribution in [2.24, 2.45) is 7.05 Å². The van der Waals surface area contributed by atoms with Gasteiger partial charge in [0.25, 0.3) is 5.91 Å². The Morgan fingerprint density at radius 1 is 1.47 bits per heavy atom. The number of carbonyl (C=O) groups excluding carboxylic acids is 1.